The van der Waals surface area contributed by atoms with Gasteiger partial charge in [0.15, 0.2) is 11.6 Å². The van der Waals surface area contributed by atoms with E-state index in [1.54, 1.807) is 29.2 Å². The Labute approximate surface area is 155 Å². The van der Waals surface area contributed by atoms with Crippen molar-refractivity contribution in [1.29, 1.82) is 0 Å². The molecule has 1 saturated heterocycles. The summed E-state index contributed by atoms with van der Waals surface area (Å²) in [5.41, 5.74) is 1.07. The number of hydrogen-bond donors (Lipinski definition) is 1. The van der Waals surface area contributed by atoms with E-state index < -0.39 is 11.6 Å². The molecule has 2 aromatic rings. The third-order valence-corrected chi connectivity index (χ3v) is 4.74. The molecule has 0 spiro atoms. The van der Waals surface area contributed by atoms with Gasteiger partial charge in [-0.05, 0) is 36.8 Å². The molecule has 5 nitrogen and oxygen atoms in total. The number of carbonyl (C=O) groups excluding carboxylic acids is 2. The van der Waals surface area contributed by atoms with E-state index >= 15 is 0 Å². The summed E-state index contributed by atoms with van der Waals surface area (Å²) in [5, 5.41) is 9.71. The van der Waals surface area contributed by atoms with Crippen LogP contribution >= 0.6 is 11.6 Å². The number of hydrogen-bond acceptors (Lipinski definition) is 3. The zero-order valence-electron chi connectivity index (χ0n) is 14.2. The number of para-hydroxylation sites is 1. The molecule has 2 amide bonds. The maximum atomic E-state index is 13.4. The third kappa shape index (κ3) is 3.65. The molecule has 0 bridgehead atoms. The minimum absolute atomic E-state index is 0.0408. The van der Waals surface area contributed by atoms with Crippen LogP contribution in [-0.2, 0) is 16.0 Å². The lowest BCUT2D eigenvalue weighted by Gasteiger charge is -2.39. The number of halogens is 2. The maximum absolute atomic E-state index is 13.4. The number of phenols is 1. The lowest BCUT2D eigenvalue weighted by atomic mass is 10.1. The van der Waals surface area contributed by atoms with Crippen LogP contribution in [0.1, 0.15) is 12.5 Å². The molecule has 26 heavy (non-hydrogen) atoms. The van der Waals surface area contributed by atoms with Crippen molar-refractivity contribution in [3.05, 3.63) is 58.9 Å². The van der Waals surface area contributed by atoms with Crippen molar-refractivity contribution in [3.8, 4) is 5.75 Å². The zero-order chi connectivity index (χ0) is 18.8. The third-order valence-electron chi connectivity index (χ3n) is 4.42. The molecule has 1 fully saturated rings. The Kier molecular flexibility index (Phi) is 5.13. The average Bonchev–Trinajstić information content (AvgIpc) is 2.60. The van der Waals surface area contributed by atoms with Gasteiger partial charge in [0, 0.05) is 12.6 Å². The van der Waals surface area contributed by atoms with Gasteiger partial charge in [0.05, 0.1) is 17.1 Å². The average molecular weight is 377 g/mol. The second-order valence-corrected chi connectivity index (χ2v) is 6.70. The van der Waals surface area contributed by atoms with Crippen molar-refractivity contribution in [2.24, 2.45) is 0 Å². The Morgan fingerprint density at radius 2 is 2.04 bits per heavy atom. The predicted octanol–water partition coefficient (Wildman–Crippen LogP) is 2.99. The van der Waals surface area contributed by atoms with E-state index in [1.807, 2.05) is 6.92 Å². The summed E-state index contributed by atoms with van der Waals surface area (Å²) >= 11 is 6.17. The van der Waals surface area contributed by atoms with Crippen molar-refractivity contribution >= 4 is 29.1 Å². The normalized spacial score (nSPS) is 17.5. The van der Waals surface area contributed by atoms with Crippen molar-refractivity contribution in [3.63, 3.8) is 0 Å². The molecule has 1 N–H and O–H groups in total. The summed E-state index contributed by atoms with van der Waals surface area (Å²) in [6, 6.07) is 10.7. The van der Waals surface area contributed by atoms with E-state index in [0.29, 0.717) is 22.8 Å². The number of nitrogens with zero attached hydrogens (tertiary/aromatic N) is 2. The summed E-state index contributed by atoms with van der Waals surface area (Å²) in [6.07, 6.45) is -0.0408. The van der Waals surface area contributed by atoms with E-state index in [-0.39, 0.29) is 30.8 Å². The first kappa shape index (κ1) is 18.2. The van der Waals surface area contributed by atoms with Gasteiger partial charge in [0.2, 0.25) is 11.8 Å². The second-order valence-electron chi connectivity index (χ2n) is 6.29. The number of anilines is 1. The Hall–Kier alpha value is -2.60. The molecular formula is C19H18ClFN2O3. The van der Waals surface area contributed by atoms with Crippen LogP contribution in [0, 0.1) is 5.82 Å². The first-order valence-corrected chi connectivity index (χ1v) is 8.56. The number of aromatic hydroxyl groups is 1. The Balaban J connectivity index is 1.73. The maximum Gasteiger partial charge on any atom is 0.246 e. The van der Waals surface area contributed by atoms with Crippen LogP contribution in [0.3, 0.4) is 0 Å². The smallest absolute Gasteiger partial charge is 0.246 e. The van der Waals surface area contributed by atoms with E-state index in [4.69, 9.17) is 11.6 Å². The van der Waals surface area contributed by atoms with E-state index in [9.17, 15) is 19.1 Å². The van der Waals surface area contributed by atoms with E-state index in [1.165, 1.54) is 17.0 Å². The molecule has 3 rings (SSSR count). The van der Waals surface area contributed by atoms with Gasteiger partial charge in [-0.15, -0.1) is 0 Å². The fourth-order valence-electron chi connectivity index (χ4n) is 3.03. The molecular weight excluding hydrogens is 359 g/mol. The van der Waals surface area contributed by atoms with Gasteiger partial charge in [-0.1, -0.05) is 29.8 Å². The number of piperazine rings is 1. The molecule has 0 unspecified atom stereocenters. The lowest BCUT2D eigenvalue weighted by molar-refractivity contribution is -0.138. The minimum atomic E-state index is -0.775. The molecule has 1 heterocycles. The molecule has 1 aliphatic heterocycles. The van der Waals surface area contributed by atoms with Gasteiger partial charge in [-0.2, -0.15) is 0 Å². The van der Waals surface area contributed by atoms with Crippen LogP contribution in [0.15, 0.2) is 42.5 Å². The number of amides is 2. The number of rotatable bonds is 3. The first-order valence-electron chi connectivity index (χ1n) is 8.18. The second kappa shape index (κ2) is 7.33. The van der Waals surface area contributed by atoms with Crippen molar-refractivity contribution in [2.45, 2.75) is 19.4 Å². The summed E-state index contributed by atoms with van der Waals surface area (Å²) in [6.45, 7) is 2.12. The highest BCUT2D eigenvalue weighted by Crippen LogP contribution is 2.28. The van der Waals surface area contributed by atoms with Gasteiger partial charge in [0.25, 0.3) is 0 Å². The molecule has 1 aliphatic rings. The molecule has 0 aliphatic carbocycles. The molecule has 2 aromatic carbocycles. The summed E-state index contributed by atoms with van der Waals surface area (Å²) in [7, 11) is 0. The van der Waals surface area contributed by atoms with E-state index in [2.05, 4.69) is 0 Å². The van der Waals surface area contributed by atoms with Gasteiger partial charge in [-0.3, -0.25) is 9.59 Å². The number of phenolic OH excluding ortho intramolecular Hbond substituents is 1. The Morgan fingerprint density at radius 3 is 2.73 bits per heavy atom. The quantitative estimate of drug-likeness (QED) is 0.895. The lowest BCUT2D eigenvalue weighted by Crippen LogP contribution is -2.57. The fourth-order valence-corrected chi connectivity index (χ4v) is 3.26. The molecule has 7 heteroatoms. The van der Waals surface area contributed by atoms with Crippen molar-refractivity contribution in [2.75, 3.05) is 18.0 Å². The van der Waals surface area contributed by atoms with Crippen molar-refractivity contribution < 1.29 is 19.1 Å². The zero-order valence-corrected chi connectivity index (χ0v) is 14.9. The topological polar surface area (TPSA) is 60.9 Å². The number of carbonyl (C=O) groups is 2. The highest BCUT2D eigenvalue weighted by Gasteiger charge is 2.33. The fraction of sp³-hybridized carbons (Fsp3) is 0.263. The van der Waals surface area contributed by atoms with Gasteiger partial charge >= 0.3 is 0 Å². The Morgan fingerprint density at radius 1 is 1.31 bits per heavy atom. The largest absolute Gasteiger partial charge is 0.505 e. The number of benzene rings is 2. The van der Waals surface area contributed by atoms with Crippen molar-refractivity contribution in [1.82, 2.24) is 4.90 Å². The minimum Gasteiger partial charge on any atom is -0.505 e. The van der Waals surface area contributed by atoms with Crippen LogP contribution in [-0.4, -0.2) is 41.0 Å². The van der Waals surface area contributed by atoms with Crippen LogP contribution in [0.4, 0.5) is 10.1 Å². The summed E-state index contributed by atoms with van der Waals surface area (Å²) in [5.74, 6) is -1.72. The predicted molar refractivity (Wildman–Crippen MR) is 96.7 cm³/mol. The van der Waals surface area contributed by atoms with Crippen LogP contribution in [0.2, 0.25) is 5.02 Å². The van der Waals surface area contributed by atoms with Gasteiger partial charge in [-0.25, -0.2) is 4.39 Å². The standard InChI is InChI=1S/C19H18ClFN2O3/c1-12-10-23(16-5-3-2-4-14(16)20)19(26)11-22(12)18(25)9-13-6-7-17(24)15(21)8-13/h2-8,12,24H,9-11H2,1H3/t12-/m0/s1. The summed E-state index contributed by atoms with van der Waals surface area (Å²) in [4.78, 5) is 28.2. The monoisotopic (exact) mass is 376 g/mol. The van der Waals surface area contributed by atoms with Gasteiger partial charge < -0.3 is 14.9 Å². The van der Waals surface area contributed by atoms with Crippen LogP contribution in [0.5, 0.6) is 5.75 Å². The molecule has 0 saturated carbocycles. The molecule has 0 aromatic heterocycles. The first-order chi connectivity index (χ1) is 12.4. The van der Waals surface area contributed by atoms with Crippen LogP contribution < -0.4 is 4.90 Å². The summed E-state index contributed by atoms with van der Waals surface area (Å²) < 4.78 is 13.4. The SMILES string of the molecule is C[C@H]1CN(c2ccccc2Cl)C(=O)CN1C(=O)Cc1ccc(O)c(F)c1. The molecule has 0 radical (unpaired) electrons. The van der Waals surface area contributed by atoms with E-state index in [0.717, 1.165) is 6.07 Å². The molecule has 1 atom stereocenters. The molecule has 136 valence electrons. The van der Waals surface area contributed by atoms with Gasteiger partial charge in [0.1, 0.15) is 6.54 Å². The van der Waals surface area contributed by atoms with Crippen LogP contribution in [0.25, 0.3) is 0 Å². The highest BCUT2D eigenvalue weighted by molar-refractivity contribution is 6.33. The highest BCUT2D eigenvalue weighted by atomic mass is 35.5. The Bertz CT molecular complexity index is 858.